The van der Waals surface area contributed by atoms with Gasteiger partial charge in [-0.25, -0.2) is 4.98 Å². The van der Waals surface area contributed by atoms with Gasteiger partial charge in [0.05, 0.1) is 5.02 Å². The first-order chi connectivity index (χ1) is 8.27. The number of pyridine rings is 1. The zero-order chi connectivity index (χ0) is 13.8. The van der Waals surface area contributed by atoms with E-state index in [9.17, 15) is 0 Å². The van der Waals surface area contributed by atoms with Gasteiger partial charge in [-0.05, 0) is 19.1 Å². The third kappa shape index (κ3) is 6.04. The maximum absolute atomic E-state index is 5.94. The molecule has 0 radical (unpaired) electrons. The summed E-state index contributed by atoms with van der Waals surface area (Å²) in [5.41, 5.74) is 0. The van der Waals surface area contributed by atoms with Crippen molar-refractivity contribution in [2.45, 2.75) is 48.5 Å². The summed E-state index contributed by atoms with van der Waals surface area (Å²) in [6, 6.07) is 3.88. The van der Waals surface area contributed by atoms with E-state index in [0.717, 1.165) is 15.2 Å². The van der Waals surface area contributed by atoms with Crippen LogP contribution in [-0.4, -0.2) is 4.98 Å². The number of nitrogens with zero attached hydrogens (tertiary/aromatic N) is 1. The van der Waals surface area contributed by atoms with Gasteiger partial charge in [-0.3, -0.25) is 0 Å². The summed E-state index contributed by atoms with van der Waals surface area (Å²) >= 11 is 7.61. The Balaban J connectivity index is 0. The Morgan fingerprint density at radius 3 is 2.06 bits per heavy atom. The molecule has 0 aromatic carbocycles. The maximum atomic E-state index is 5.94. The number of aromatic nitrogens is 1. The minimum absolute atomic E-state index is 0.791. The summed E-state index contributed by atoms with van der Waals surface area (Å²) in [7, 11) is 0. The van der Waals surface area contributed by atoms with Crippen molar-refractivity contribution in [3.8, 4) is 0 Å². The number of aryl methyl sites for hydroxylation is 1. The van der Waals surface area contributed by atoms with Gasteiger partial charge in [0.25, 0.3) is 0 Å². The molecular weight excluding hydrogens is 250 g/mol. The zero-order valence-corrected chi connectivity index (χ0v) is 13.5. The molecule has 17 heavy (non-hydrogen) atoms. The van der Waals surface area contributed by atoms with Gasteiger partial charge in [-0.1, -0.05) is 53.1 Å². The van der Waals surface area contributed by atoms with Crippen LogP contribution in [0.4, 0.5) is 0 Å². The summed E-state index contributed by atoms with van der Waals surface area (Å²) in [6.45, 7) is 14.1. The molecule has 2 heterocycles. The number of hydrogen-bond donors (Lipinski definition) is 0. The molecular formula is C14H24ClNS. The Morgan fingerprint density at radius 2 is 1.59 bits per heavy atom. The van der Waals surface area contributed by atoms with Crippen molar-refractivity contribution in [3.05, 3.63) is 28.2 Å². The fourth-order valence-electron chi connectivity index (χ4n) is 1.03. The van der Waals surface area contributed by atoms with Crippen molar-refractivity contribution in [1.29, 1.82) is 0 Å². The monoisotopic (exact) mass is 273 g/mol. The molecule has 2 aromatic rings. The van der Waals surface area contributed by atoms with Crippen LogP contribution in [0.3, 0.4) is 0 Å². The summed E-state index contributed by atoms with van der Waals surface area (Å²) < 4.78 is 0. The molecule has 0 amide bonds. The van der Waals surface area contributed by atoms with Gasteiger partial charge in [0.2, 0.25) is 0 Å². The first-order valence-corrected chi connectivity index (χ1v) is 7.47. The van der Waals surface area contributed by atoms with E-state index in [1.54, 1.807) is 17.5 Å². The molecule has 0 spiro atoms. The molecule has 0 atom stereocenters. The number of fused-ring (bicyclic) bond motifs is 1. The third-order valence-corrected chi connectivity index (χ3v) is 2.79. The van der Waals surface area contributed by atoms with Crippen LogP contribution in [0, 0.1) is 6.92 Å². The Kier molecular flexibility index (Phi) is 13.1. The average molecular weight is 274 g/mol. The molecule has 98 valence electrons. The smallest absolute Gasteiger partial charge is 0.124 e. The lowest BCUT2D eigenvalue weighted by Crippen LogP contribution is -1.69. The molecule has 0 N–H and O–H groups in total. The Labute approximate surface area is 115 Å². The highest BCUT2D eigenvalue weighted by Gasteiger charge is 2.01. The van der Waals surface area contributed by atoms with E-state index < -0.39 is 0 Å². The van der Waals surface area contributed by atoms with Crippen LogP contribution >= 0.6 is 22.9 Å². The van der Waals surface area contributed by atoms with Gasteiger partial charge < -0.3 is 0 Å². The molecule has 0 aliphatic heterocycles. The van der Waals surface area contributed by atoms with Crippen LogP contribution in [0.1, 0.15) is 46.4 Å². The predicted molar refractivity (Wildman–Crippen MR) is 83.4 cm³/mol. The van der Waals surface area contributed by atoms with Gasteiger partial charge in [-0.2, -0.15) is 0 Å². The Morgan fingerprint density at radius 1 is 1.06 bits per heavy atom. The van der Waals surface area contributed by atoms with E-state index in [1.165, 1.54) is 4.88 Å². The van der Waals surface area contributed by atoms with Crippen molar-refractivity contribution in [2.75, 3.05) is 0 Å². The minimum atomic E-state index is 0.791. The summed E-state index contributed by atoms with van der Waals surface area (Å²) in [6.07, 6.45) is 1.74. The van der Waals surface area contributed by atoms with Crippen LogP contribution in [0.25, 0.3) is 10.2 Å². The first kappa shape index (κ1) is 18.8. The van der Waals surface area contributed by atoms with Crippen molar-refractivity contribution in [1.82, 2.24) is 4.98 Å². The van der Waals surface area contributed by atoms with Gasteiger partial charge >= 0.3 is 0 Å². The molecule has 0 saturated carbocycles. The van der Waals surface area contributed by atoms with Crippen LogP contribution < -0.4 is 0 Å². The molecule has 0 saturated heterocycles. The minimum Gasteiger partial charge on any atom is -0.245 e. The maximum Gasteiger partial charge on any atom is 0.124 e. The second-order valence-electron chi connectivity index (χ2n) is 2.37. The normalized spacial score (nSPS) is 8.00. The lowest BCUT2D eigenvalue weighted by Gasteiger charge is -1.88. The molecule has 0 fully saturated rings. The predicted octanol–water partition coefficient (Wildman–Crippen LogP) is 6.34. The third-order valence-electron chi connectivity index (χ3n) is 1.51. The summed E-state index contributed by atoms with van der Waals surface area (Å²) in [5.74, 6) is 0. The molecule has 2 aromatic heterocycles. The SMILES string of the molecule is CC.CC.CC.Cc1cc2c(Cl)ccnc2s1. The second-order valence-corrected chi connectivity index (χ2v) is 4.01. The van der Waals surface area contributed by atoms with E-state index in [1.807, 2.05) is 47.6 Å². The standard InChI is InChI=1S/C8H6ClNS.3C2H6/c1-5-4-6-7(9)2-3-10-8(6)11-5;3*1-2/h2-4H,1H3;3*1-2H3. The van der Waals surface area contributed by atoms with E-state index in [-0.39, 0.29) is 0 Å². The number of rotatable bonds is 0. The highest BCUT2D eigenvalue weighted by atomic mass is 35.5. The highest BCUT2D eigenvalue weighted by molar-refractivity contribution is 7.18. The van der Waals surface area contributed by atoms with E-state index in [4.69, 9.17) is 11.6 Å². The highest BCUT2D eigenvalue weighted by Crippen LogP contribution is 2.28. The molecule has 1 nitrogen and oxygen atoms in total. The molecule has 0 aliphatic rings. The quantitative estimate of drug-likeness (QED) is 0.546. The second kappa shape index (κ2) is 11.9. The number of halogens is 1. The van der Waals surface area contributed by atoms with Crippen molar-refractivity contribution in [3.63, 3.8) is 0 Å². The topological polar surface area (TPSA) is 12.9 Å². The number of thiophene rings is 1. The van der Waals surface area contributed by atoms with Crippen LogP contribution in [0.15, 0.2) is 18.3 Å². The zero-order valence-electron chi connectivity index (χ0n) is 12.0. The number of hydrogen-bond acceptors (Lipinski definition) is 2. The van der Waals surface area contributed by atoms with Crippen LogP contribution in [-0.2, 0) is 0 Å². The van der Waals surface area contributed by atoms with E-state index in [2.05, 4.69) is 18.0 Å². The largest absolute Gasteiger partial charge is 0.245 e. The molecule has 3 heteroatoms. The average Bonchev–Trinajstić information content (AvgIpc) is 2.79. The fourth-order valence-corrected chi connectivity index (χ4v) is 2.16. The van der Waals surface area contributed by atoms with E-state index in [0.29, 0.717) is 0 Å². The molecule has 0 aliphatic carbocycles. The molecule has 2 rings (SSSR count). The van der Waals surface area contributed by atoms with Crippen LogP contribution in [0.2, 0.25) is 5.02 Å². The Hall–Kier alpha value is -0.600. The Bertz CT molecular complexity index is 396. The van der Waals surface area contributed by atoms with Crippen molar-refractivity contribution >= 4 is 33.2 Å². The van der Waals surface area contributed by atoms with Crippen molar-refractivity contribution in [2.24, 2.45) is 0 Å². The van der Waals surface area contributed by atoms with E-state index >= 15 is 0 Å². The first-order valence-electron chi connectivity index (χ1n) is 6.28. The van der Waals surface area contributed by atoms with Crippen LogP contribution in [0.5, 0.6) is 0 Å². The lowest BCUT2D eigenvalue weighted by molar-refractivity contribution is 1.45. The molecule has 0 bridgehead atoms. The van der Waals surface area contributed by atoms with Crippen molar-refractivity contribution < 1.29 is 0 Å². The molecule has 0 unspecified atom stereocenters. The van der Waals surface area contributed by atoms with Gasteiger partial charge in [0.15, 0.2) is 0 Å². The fraction of sp³-hybridized carbons (Fsp3) is 0.500. The van der Waals surface area contributed by atoms with Gasteiger partial charge in [0.1, 0.15) is 4.83 Å². The summed E-state index contributed by atoms with van der Waals surface area (Å²) in [4.78, 5) is 6.47. The lowest BCUT2D eigenvalue weighted by atomic mass is 10.3. The summed E-state index contributed by atoms with van der Waals surface area (Å²) in [5, 5.41) is 1.86. The van der Waals surface area contributed by atoms with Gasteiger partial charge in [-0.15, -0.1) is 11.3 Å². The van der Waals surface area contributed by atoms with Gasteiger partial charge in [0, 0.05) is 16.5 Å².